The summed E-state index contributed by atoms with van der Waals surface area (Å²) >= 11 is 0. The van der Waals surface area contributed by atoms with E-state index in [1.807, 2.05) is 0 Å². The minimum absolute atomic E-state index is 0.214. The van der Waals surface area contributed by atoms with Crippen molar-refractivity contribution in [3.05, 3.63) is 42.2 Å². The van der Waals surface area contributed by atoms with Gasteiger partial charge in [0.2, 0.25) is 5.91 Å². The summed E-state index contributed by atoms with van der Waals surface area (Å²) in [7, 11) is 0. The summed E-state index contributed by atoms with van der Waals surface area (Å²) in [5.74, 6) is -0.529. The van der Waals surface area contributed by atoms with Crippen molar-refractivity contribution in [2.45, 2.75) is 6.92 Å². The van der Waals surface area contributed by atoms with Crippen LogP contribution in [0.5, 0.6) is 0 Å². The number of anilines is 1. The summed E-state index contributed by atoms with van der Waals surface area (Å²) in [6, 6.07) is 5.62. The summed E-state index contributed by atoms with van der Waals surface area (Å²) in [6.45, 7) is 1.75. The van der Waals surface area contributed by atoms with Crippen LogP contribution in [-0.4, -0.2) is 5.91 Å². The zero-order valence-electron chi connectivity index (χ0n) is 7.25. The molecule has 0 saturated heterocycles. The summed E-state index contributed by atoms with van der Waals surface area (Å²) in [4.78, 5) is 11.0. The van der Waals surface area contributed by atoms with Gasteiger partial charge >= 0.3 is 0 Å². The first-order chi connectivity index (χ1) is 6.22. The van der Waals surface area contributed by atoms with Crippen molar-refractivity contribution in [3.63, 3.8) is 0 Å². The SMILES string of the molecule is C/C=C/C(=O)Nc1ccc(F)cc1. The van der Waals surface area contributed by atoms with E-state index in [-0.39, 0.29) is 11.7 Å². The predicted molar refractivity (Wildman–Crippen MR) is 49.8 cm³/mol. The molecule has 1 N–H and O–H groups in total. The van der Waals surface area contributed by atoms with Crippen LogP contribution < -0.4 is 5.32 Å². The van der Waals surface area contributed by atoms with Crippen LogP contribution in [0.25, 0.3) is 0 Å². The van der Waals surface area contributed by atoms with E-state index in [9.17, 15) is 9.18 Å². The van der Waals surface area contributed by atoms with Gasteiger partial charge in [0.25, 0.3) is 0 Å². The van der Waals surface area contributed by atoms with Gasteiger partial charge in [0.05, 0.1) is 0 Å². The van der Waals surface area contributed by atoms with E-state index >= 15 is 0 Å². The smallest absolute Gasteiger partial charge is 0.248 e. The topological polar surface area (TPSA) is 29.1 Å². The lowest BCUT2D eigenvalue weighted by Gasteiger charge is -2.00. The highest BCUT2D eigenvalue weighted by Crippen LogP contribution is 2.07. The van der Waals surface area contributed by atoms with E-state index in [0.717, 1.165) is 0 Å². The van der Waals surface area contributed by atoms with Crippen molar-refractivity contribution in [3.8, 4) is 0 Å². The third kappa shape index (κ3) is 3.07. The van der Waals surface area contributed by atoms with Crippen LogP contribution in [0.15, 0.2) is 36.4 Å². The van der Waals surface area contributed by atoms with Crippen LogP contribution in [0.4, 0.5) is 10.1 Å². The molecule has 13 heavy (non-hydrogen) atoms. The number of amides is 1. The lowest BCUT2D eigenvalue weighted by atomic mass is 10.3. The molecule has 68 valence electrons. The molecule has 0 bridgehead atoms. The molecule has 0 fully saturated rings. The number of nitrogens with one attached hydrogen (secondary N) is 1. The fraction of sp³-hybridized carbons (Fsp3) is 0.100. The lowest BCUT2D eigenvalue weighted by Crippen LogP contribution is -2.07. The Kier molecular flexibility index (Phi) is 3.20. The van der Waals surface area contributed by atoms with Gasteiger partial charge in [-0.2, -0.15) is 0 Å². The largest absolute Gasteiger partial charge is 0.323 e. The molecule has 0 radical (unpaired) electrons. The second-order valence-electron chi connectivity index (χ2n) is 2.50. The van der Waals surface area contributed by atoms with Crippen molar-refractivity contribution in [1.82, 2.24) is 0 Å². The normalized spacial score (nSPS) is 10.3. The molecule has 0 unspecified atom stereocenters. The Morgan fingerprint density at radius 1 is 1.38 bits per heavy atom. The highest BCUT2D eigenvalue weighted by atomic mass is 19.1. The zero-order chi connectivity index (χ0) is 9.68. The van der Waals surface area contributed by atoms with Gasteiger partial charge < -0.3 is 5.32 Å². The third-order valence-electron chi connectivity index (χ3n) is 1.43. The van der Waals surface area contributed by atoms with Gasteiger partial charge in [0.1, 0.15) is 5.82 Å². The molecule has 0 aromatic heterocycles. The molecule has 1 amide bonds. The molecule has 0 atom stereocenters. The number of carbonyl (C=O) groups excluding carboxylic acids is 1. The van der Waals surface area contributed by atoms with E-state index < -0.39 is 0 Å². The molecule has 1 aromatic rings. The summed E-state index contributed by atoms with van der Waals surface area (Å²) < 4.78 is 12.4. The number of hydrogen-bond acceptors (Lipinski definition) is 1. The fourth-order valence-electron chi connectivity index (χ4n) is 0.869. The minimum Gasteiger partial charge on any atom is -0.323 e. The average molecular weight is 179 g/mol. The molecule has 0 aliphatic heterocycles. The van der Waals surface area contributed by atoms with E-state index in [0.29, 0.717) is 5.69 Å². The molecule has 0 aliphatic rings. The van der Waals surface area contributed by atoms with Gasteiger partial charge in [-0.15, -0.1) is 0 Å². The maximum absolute atomic E-state index is 12.4. The van der Waals surface area contributed by atoms with Crippen LogP contribution in [-0.2, 0) is 4.79 Å². The Morgan fingerprint density at radius 2 is 2.00 bits per heavy atom. The van der Waals surface area contributed by atoms with Crippen molar-refractivity contribution >= 4 is 11.6 Å². The molecule has 2 nitrogen and oxygen atoms in total. The van der Waals surface area contributed by atoms with E-state index in [1.54, 1.807) is 13.0 Å². The van der Waals surface area contributed by atoms with E-state index in [1.165, 1.54) is 30.3 Å². The number of rotatable bonds is 2. The monoisotopic (exact) mass is 179 g/mol. The quantitative estimate of drug-likeness (QED) is 0.693. The third-order valence-corrected chi connectivity index (χ3v) is 1.43. The number of halogens is 1. The number of allylic oxidation sites excluding steroid dienone is 1. The molecule has 0 heterocycles. The molecule has 0 aliphatic carbocycles. The molecule has 1 rings (SSSR count). The van der Waals surface area contributed by atoms with E-state index in [4.69, 9.17) is 0 Å². The van der Waals surface area contributed by atoms with Crippen molar-refractivity contribution in [2.75, 3.05) is 5.32 Å². The predicted octanol–water partition coefficient (Wildman–Crippen LogP) is 2.34. The first-order valence-corrected chi connectivity index (χ1v) is 3.91. The Hall–Kier alpha value is -1.64. The molecule has 0 saturated carbocycles. The molecular weight excluding hydrogens is 169 g/mol. The fourth-order valence-corrected chi connectivity index (χ4v) is 0.869. The first-order valence-electron chi connectivity index (χ1n) is 3.91. The van der Waals surface area contributed by atoms with E-state index in [2.05, 4.69) is 5.32 Å². The maximum Gasteiger partial charge on any atom is 0.248 e. The van der Waals surface area contributed by atoms with Crippen LogP contribution in [0, 0.1) is 5.82 Å². The minimum atomic E-state index is -0.316. The highest BCUT2D eigenvalue weighted by Gasteiger charge is 1.96. The molecular formula is C10H10FNO. The van der Waals surface area contributed by atoms with Crippen molar-refractivity contribution in [1.29, 1.82) is 0 Å². The number of benzene rings is 1. The summed E-state index contributed by atoms with van der Waals surface area (Å²) in [5, 5.41) is 2.58. The molecule has 1 aromatic carbocycles. The Morgan fingerprint density at radius 3 is 2.54 bits per heavy atom. The standard InChI is InChI=1S/C10H10FNO/c1-2-3-10(13)12-9-6-4-8(11)5-7-9/h2-7H,1H3,(H,12,13)/b3-2+. The van der Waals surface area contributed by atoms with Gasteiger partial charge in [0, 0.05) is 5.69 Å². The van der Waals surface area contributed by atoms with Gasteiger partial charge in [0.15, 0.2) is 0 Å². The maximum atomic E-state index is 12.4. The Labute approximate surface area is 76.1 Å². The van der Waals surface area contributed by atoms with Gasteiger partial charge in [-0.25, -0.2) is 4.39 Å². The summed E-state index contributed by atoms with van der Waals surface area (Å²) in [5.41, 5.74) is 0.588. The van der Waals surface area contributed by atoms with Crippen LogP contribution in [0.3, 0.4) is 0 Å². The summed E-state index contributed by atoms with van der Waals surface area (Å²) in [6.07, 6.45) is 3.04. The zero-order valence-corrected chi connectivity index (χ0v) is 7.25. The molecule has 3 heteroatoms. The van der Waals surface area contributed by atoms with Crippen molar-refractivity contribution < 1.29 is 9.18 Å². The first kappa shape index (κ1) is 9.45. The second kappa shape index (κ2) is 4.40. The average Bonchev–Trinajstić information content (AvgIpc) is 2.09. The van der Waals surface area contributed by atoms with Gasteiger partial charge in [-0.1, -0.05) is 6.08 Å². The van der Waals surface area contributed by atoms with Gasteiger partial charge in [-0.3, -0.25) is 4.79 Å². The number of carbonyl (C=O) groups is 1. The Balaban J connectivity index is 2.64. The van der Waals surface area contributed by atoms with Crippen LogP contribution >= 0.6 is 0 Å². The van der Waals surface area contributed by atoms with Crippen LogP contribution in [0.2, 0.25) is 0 Å². The highest BCUT2D eigenvalue weighted by molar-refractivity contribution is 5.99. The molecule has 0 spiro atoms. The Bertz CT molecular complexity index is 316. The van der Waals surface area contributed by atoms with Crippen LogP contribution in [0.1, 0.15) is 6.92 Å². The van der Waals surface area contributed by atoms with Gasteiger partial charge in [-0.05, 0) is 37.3 Å². The lowest BCUT2D eigenvalue weighted by molar-refractivity contribution is -0.111. The second-order valence-corrected chi connectivity index (χ2v) is 2.50. The number of hydrogen-bond donors (Lipinski definition) is 1. The van der Waals surface area contributed by atoms with Crippen molar-refractivity contribution in [2.24, 2.45) is 0 Å².